The fourth-order valence-corrected chi connectivity index (χ4v) is 6.69. The Hall–Kier alpha value is -2.32. The number of carbonyl (C=O) groups excluding carboxylic acids is 2. The second-order valence-corrected chi connectivity index (χ2v) is 11.5. The second-order valence-electron chi connectivity index (χ2n) is 10.3. The van der Waals surface area contributed by atoms with Crippen LogP contribution in [0, 0.1) is 5.92 Å². The van der Waals surface area contributed by atoms with Crippen molar-refractivity contribution >= 4 is 22.9 Å². The van der Waals surface area contributed by atoms with Gasteiger partial charge in [-0.15, -0.1) is 0 Å². The molecule has 194 valence electrons. The number of nitrogens with zero attached hydrogens (tertiary/aromatic N) is 1. The molecule has 5 rings (SSSR count). The number of methoxy groups -OCH3 is 1. The molecule has 2 heterocycles. The first-order valence-corrected chi connectivity index (χ1v) is 14.2. The van der Waals surface area contributed by atoms with E-state index in [0.717, 1.165) is 85.9 Å². The van der Waals surface area contributed by atoms with Crippen molar-refractivity contribution in [3.63, 3.8) is 0 Å². The van der Waals surface area contributed by atoms with E-state index in [0.29, 0.717) is 24.3 Å². The van der Waals surface area contributed by atoms with E-state index in [1.807, 2.05) is 24.3 Å². The molecular formula is C28H36N2O5S. The van der Waals surface area contributed by atoms with Gasteiger partial charge in [0.2, 0.25) is 11.8 Å². The average molecular weight is 513 g/mol. The van der Waals surface area contributed by atoms with Crippen molar-refractivity contribution in [2.24, 2.45) is 5.92 Å². The van der Waals surface area contributed by atoms with E-state index < -0.39 is 0 Å². The highest BCUT2D eigenvalue weighted by Gasteiger charge is 2.33. The summed E-state index contributed by atoms with van der Waals surface area (Å²) in [5, 5.41) is 1.94. The summed E-state index contributed by atoms with van der Waals surface area (Å²) in [6.07, 6.45) is 12.2. The van der Waals surface area contributed by atoms with E-state index in [2.05, 4.69) is 5.32 Å². The van der Waals surface area contributed by atoms with Gasteiger partial charge in [-0.1, -0.05) is 49.9 Å². The SMILES string of the molecule is COc1cccc(-c2nc(COC3CCCC(CCC4SC(=O)NC4=O)C3)c(C3CCCCC3)o2)c1. The third-order valence-electron chi connectivity index (χ3n) is 7.81. The van der Waals surface area contributed by atoms with Gasteiger partial charge in [-0.05, 0) is 62.6 Å². The first-order chi connectivity index (χ1) is 17.6. The summed E-state index contributed by atoms with van der Waals surface area (Å²) >= 11 is 1.13. The molecule has 3 fully saturated rings. The minimum Gasteiger partial charge on any atom is -0.497 e. The monoisotopic (exact) mass is 512 g/mol. The maximum Gasteiger partial charge on any atom is 0.286 e. The van der Waals surface area contributed by atoms with Gasteiger partial charge in [0.05, 0.1) is 25.1 Å². The van der Waals surface area contributed by atoms with E-state index in [9.17, 15) is 9.59 Å². The predicted molar refractivity (Wildman–Crippen MR) is 139 cm³/mol. The Labute approximate surface area is 217 Å². The fourth-order valence-electron chi connectivity index (χ4n) is 5.85. The molecule has 0 spiro atoms. The molecule has 1 aromatic carbocycles. The summed E-state index contributed by atoms with van der Waals surface area (Å²) in [6.45, 7) is 0.464. The first-order valence-electron chi connectivity index (χ1n) is 13.4. The molecule has 0 bridgehead atoms. The normalized spacial score (nSPS) is 25.2. The molecule has 2 aliphatic carbocycles. The number of nitrogens with one attached hydrogen (secondary N) is 1. The molecule has 8 heteroatoms. The van der Waals surface area contributed by atoms with Crippen LogP contribution in [0.4, 0.5) is 4.79 Å². The standard InChI is InChI=1S/C28H36N2O5S/c1-33-21-11-6-10-20(16-21)27-29-23(25(35-27)19-8-3-2-4-9-19)17-34-22-12-5-7-18(15-22)13-14-24-26(31)30-28(32)36-24/h6,10-11,16,18-19,22,24H,2-5,7-9,12-15,17H2,1H3,(H,30,31,32). The van der Waals surface area contributed by atoms with Gasteiger partial charge in [0, 0.05) is 11.5 Å². The Bertz CT molecular complexity index is 1060. The maximum atomic E-state index is 11.9. The lowest BCUT2D eigenvalue weighted by Crippen LogP contribution is -2.26. The van der Waals surface area contributed by atoms with Crippen molar-refractivity contribution in [1.29, 1.82) is 0 Å². The van der Waals surface area contributed by atoms with Crippen molar-refractivity contribution in [3.8, 4) is 17.2 Å². The second kappa shape index (κ2) is 11.8. The Kier molecular flexibility index (Phi) is 8.32. The molecule has 7 nitrogen and oxygen atoms in total. The molecule has 1 aliphatic heterocycles. The zero-order valence-electron chi connectivity index (χ0n) is 21.0. The summed E-state index contributed by atoms with van der Waals surface area (Å²) < 4.78 is 18.2. The molecule has 1 aromatic heterocycles. The highest BCUT2D eigenvalue weighted by Crippen LogP contribution is 2.38. The Morgan fingerprint density at radius 2 is 1.94 bits per heavy atom. The van der Waals surface area contributed by atoms with Gasteiger partial charge in [0.1, 0.15) is 17.2 Å². The molecule has 1 N–H and O–H groups in total. The molecule has 3 atom stereocenters. The van der Waals surface area contributed by atoms with Crippen LogP contribution in [0.5, 0.6) is 5.75 Å². The van der Waals surface area contributed by atoms with Crippen LogP contribution in [0.15, 0.2) is 28.7 Å². The summed E-state index contributed by atoms with van der Waals surface area (Å²) in [6, 6.07) is 7.85. The van der Waals surface area contributed by atoms with Crippen LogP contribution < -0.4 is 10.1 Å². The van der Waals surface area contributed by atoms with E-state index in [4.69, 9.17) is 18.9 Å². The van der Waals surface area contributed by atoms with Gasteiger partial charge in [-0.3, -0.25) is 14.9 Å². The van der Waals surface area contributed by atoms with Crippen LogP contribution in [0.3, 0.4) is 0 Å². The van der Waals surface area contributed by atoms with Crippen LogP contribution >= 0.6 is 11.8 Å². The third-order valence-corrected chi connectivity index (χ3v) is 8.87. The number of carbonyl (C=O) groups is 2. The molecule has 2 amide bonds. The molecule has 3 unspecified atom stereocenters. The average Bonchev–Trinajstić information content (AvgIpc) is 3.49. The predicted octanol–water partition coefficient (Wildman–Crippen LogP) is 6.61. The zero-order valence-corrected chi connectivity index (χ0v) is 21.8. The molecule has 2 aromatic rings. The van der Waals surface area contributed by atoms with Crippen LogP contribution in [-0.4, -0.2) is 34.6 Å². The lowest BCUT2D eigenvalue weighted by molar-refractivity contribution is -0.119. The van der Waals surface area contributed by atoms with Crippen molar-refractivity contribution in [1.82, 2.24) is 10.3 Å². The summed E-state index contributed by atoms with van der Waals surface area (Å²) in [4.78, 5) is 28.2. The Morgan fingerprint density at radius 3 is 2.72 bits per heavy atom. The molecule has 1 saturated heterocycles. The molecular weight excluding hydrogens is 476 g/mol. The quantitative estimate of drug-likeness (QED) is 0.404. The van der Waals surface area contributed by atoms with Gasteiger partial charge in [0.25, 0.3) is 5.24 Å². The number of benzene rings is 1. The van der Waals surface area contributed by atoms with Crippen LogP contribution in [0.1, 0.15) is 88.0 Å². The summed E-state index contributed by atoms with van der Waals surface area (Å²) in [7, 11) is 1.67. The molecule has 3 aliphatic rings. The van der Waals surface area contributed by atoms with Crippen LogP contribution in [0.2, 0.25) is 0 Å². The number of thioether (sulfide) groups is 1. The molecule has 36 heavy (non-hydrogen) atoms. The summed E-state index contributed by atoms with van der Waals surface area (Å²) in [5.74, 6) is 3.21. The van der Waals surface area contributed by atoms with Gasteiger partial charge in [-0.2, -0.15) is 0 Å². The lowest BCUT2D eigenvalue weighted by atomic mass is 9.84. The number of hydrogen-bond acceptors (Lipinski definition) is 7. The summed E-state index contributed by atoms with van der Waals surface area (Å²) in [5.41, 5.74) is 1.85. The number of imide groups is 1. The topological polar surface area (TPSA) is 90.7 Å². The van der Waals surface area contributed by atoms with E-state index in [1.54, 1.807) is 7.11 Å². The highest BCUT2D eigenvalue weighted by atomic mass is 32.2. The van der Waals surface area contributed by atoms with Crippen molar-refractivity contribution in [3.05, 3.63) is 35.7 Å². The number of aromatic nitrogens is 1. The maximum absolute atomic E-state index is 11.9. The van der Waals surface area contributed by atoms with Gasteiger partial charge < -0.3 is 13.9 Å². The van der Waals surface area contributed by atoms with Gasteiger partial charge in [-0.25, -0.2) is 4.98 Å². The Morgan fingerprint density at radius 1 is 1.08 bits per heavy atom. The van der Waals surface area contributed by atoms with Crippen molar-refractivity contribution < 1.29 is 23.5 Å². The number of amides is 2. The van der Waals surface area contributed by atoms with Crippen LogP contribution in [0.25, 0.3) is 11.5 Å². The number of oxazole rings is 1. The van der Waals surface area contributed by atoms with Crippen molar-refractivity contribution in [2.75, 3.05) is 7.11 Å². The minimum atomic E-state index is -0.234. The lowest BCUT2D eigenvalue weighted by Gasteiger charge is -2.29. The van der Waals surface area contributed by atoms with E-state index in [1.165, 1.54) is 19.3 Å². The smallest absolute Gasteiger partial charge is 0.286 e. The minimum absolute atomic E-state index is 0.137. The number of rotatable bonds is 9. The zero-order chi connectivity index (χ0) is 24.9. The molecule has 2 saturated carbocycles. The molecule has 0 radical (unpaired) electrons. The third kappa shape index (κ3) is 6.14. The van der Waals surface area contributed by atoms with Crippen LogP contribution in [-0.2, 0) is 16.1 Å². The highest BCUT2D eigenvalue weighted by molar-refractivity contribution is 8.15. The van der Waals surface area contributed by atoms with E-state index in [-0.39, 0.29) is 22.5 Å². The fraction of sp³-hybridized carbons (Fsp3) is 0.607. The number of ether oxygens (including phenoxy) is 2. The largest absolute Gasteiger partial charge is 0.497 e. The van der Waals surface area contributed by atoms with Gasteiger partial charge >= 0.3 is 0 Å². The number of hydrogen-bond donors (Lipinski definition) is 1. The Balaban J connectivity index is 1.23. The van der Waals surface area contributed by atoms with Gasteiger partial charge in [0.15, 0.2) is 0 Å². The first kappa shape index (κ1) is 25.3. The van der Waals surface area contributed by atoms with E-state index >= 15 is 0 Å². The van der Waals surface area contributed by atoms with Crippen molar-refractivity contribution in [2.45, 2.75) is 94.5 Å².